The van der Waals surface area contributed by atoms with E-state index in [1.807, 2.05) is 0 Å². The quantitative estimate of drug-likeness (QED) is 0.305. The molecule has 1 aliphatic rings. The summed E-state index contributed by atoms with van der Waals surface area (Å²) >= 11 is 0. The highest BCUT2D eigenvalue weighted by Crippen LogP contribution is 2.47. The van der Waals surface area contributed by atoms with Gasteiger partial charge in [0.05, 0.1) is 17.1 Å². The van der Waals surface area contributed by atoms with Gasteiger partial charge < -0.3 is 15.5 Å². The van der Waals surface area contributed by atoms with Crippen LogP contribution >= 0.6 is 0 Å². The van der Waals surface area contributed by atoms with Crippen molar-refractivity contribution < 1.29 is 0 Å². The van der Waals surface area contributed by atoms with Gasteiger partial charge in [0.2, 0.25) is 0 Å². The summed E-state index contributed by atoms with van der Waals surface area (Å²) in [5.74, 6) is 0.461. The van der Waals surface area contributed by atoms with E-state index in [1.165, 1.54) is 45.4 Å². The van der Waals surface area contributed by atoms with Crippen molar-refractivity contribution >= 4 is 33.5 Å². The van der Waals surface area contributed by atoms with Crippen LogP contribution in [0.15, 0.2) is 84.9 Å². The van der Waals surface area contributed by atoms with Gasteiger partial charge in [-0.25, -0.2) is 0 Å². The molecule has 1 heterocycles. The summed E-state index contributed by atoms with van der Waals surface area (Å²) in [6, 6.07) is 30.6. The number of anilines is 4. The van der Waals surface area contributed by atoms with Crippen LogP contribution in [0.25, 0.3) is 10.8 Å². The molecule has 33 heavy (non-hydrogen) atoms. The zero-order valence-corrected chi connectivity index (χ0v) is 19.8. The van der Waals surface area contributed by atoms with Gasteiger partial charge in [-0.3, -0.25) is 0 Å². The molecule has 1 aliphatic heterocycles. The average molecular weight is 436 g/mol. The highest BCUT2D eigenvalue weighted by molar-refractivity contribution is 5.93. The number of fused-ring (bicyclic) bond motifs is 2. The molecule has 1 unspecified atom stereocenters. The highest BCUT2D eigenvalue weighted by Gasteiger charge is 2.32. The Hall–Kier alpha value is -3.46. The van der Waals surface area contributed by atoms with Crippen LogP contribution < -0.4 is 15.5 Å². The van der Waals surface area contributed by atoms with E-state index in [2.05, 4.69) is 121 Å². The summed E-state index contributed by atoms with van der Waals surface area (Å²) < 4.78 is 0. The summed E-state index contributed by atoms with van der Waals surface area (Å²) in [4.78, 5) is 2.54. The number of nitrogens with one attached hydrogen (secondary N) is 2. The summed E-state index contributed by atoms with van der Waals surface area (Å²) in [6.07, 6.45) is 2.45. The van der Waals surface area contributed by atoms with Gasteiger partial charge in [0, 0.05) is 17.8 Å². The molecule has 0 aromatic heterocycles. The largest absolute Gasteiger partial charge is 0.358 e. The fraction of sp³-hybridized carbons (Fsp3) is 0.267. The van der Waals surface area contributed by atoms with Crippen molar-refractivity contribution in [3.8, 4) is 0 Å². The van der Waals surface area contributed by atoms with E-state index >= 15 is 0 Å². The molecule has 0 amide bonds. The van der Waals surface area contributed by atoms with Crippen molar-refractivity contribution in [3.05, 3.63) is 96.1 Å². The SMILES string of the molecule is CCCCN1c2cccc(Nc3ccccc3C(C)C)c2NC1c1cccc2ccccc12. The molecule has 5 rings (SSSR count). The number of para-hydroxylation sites is 2. The van der Waals surface area contributed by atoms with Gasteiger partial charge in [-0.1, -0.05) is 93.9 Å². The van der Waals surface area contributed by atoms with E-state index < -0.39 is 0 Å². The molecule has 168 valence electrons. The number of nitrogens with zero attached hydrogens (tertiary/aromatic N) is 1. The first-order valence-corrected chi connectivity index (χ1v) is 12.2. The highest BCUT2D eigenvalue weighted by atomic mass is 15.3. The normalized spacial score (nSPS) is 15.0. The van der Waals surface area contributed by atoms with Crippen LogP contribution in [0.5, 0.6) is 0 Å². The van der Waals surface area contributed by atoms with Crippen LogP contribution in [0.2, 0.25) is 0 Å². The lowest BCUT2D eigenvalue weighted by Gasteiger charge is -2.28. The lowest BCUT2D eigenvalue weighted by Crippen LogP contribution is -2.29. The van der Waals surface area contributed by atoms with Crippen LogP contribution in [0, 0.1) is 0 Å². The molecule has 0 fully saturated rings. The average Bonchev–Trinajstić information content (AvgIpc) is 3.22. The lowest BCUT2D eigenvalue weighted by atomic mass is 10.0. The minimum absolute atomic E-state index is 0.112. The van der Waals surface area contributed by atoms with Crippen molar-refractivity contribution in [2.75, 3.05) is 22.1 Å². The number of hydrogen-bond donors (Lipinski definition) is 2. The summed E-state index contributed by atoms with van der Waals surface area (Å²) in [7, 11) is 0. The summed E-state index contributed by atoms with van der Waals surface area (Å²) in [5, 5.41) is 10.2. The monoisotopic (exact) mass is 435 g/mol. The molecule has 4 aromatic carbocycles. The Kier molecular flexibility index (Phi) is 5.95. The first kappa shape index (κ1) is 21.4. The smallest absolute Gasteiger partial charge is 0.126 e. The van der Waals surface area contributed by atoms with E-state index in [1.54, 1.807) is 0 Å². The van der Waals surface area contributed by atoms with Gasteiger partial charge in [0.25, 0.3) is 0 Å². The summed E-state index contributed by atoms with van der Waals surface area (Å²) in [6.45, 7) is 7.78. The molecule has 0 aliphatic carbocycles. The zero-order chi connectivity index (χ0) is 22.8. The predicted octanol–water partition coefficient (Wildman–Crippen LogP) is 8.44. The Labute approximate surface area is 197 Å². The van der Waals surface area contributed by atoms with Crippen LogP contribution in [-0.4, -0.2) is 6.54 Å². The molecule has 0 radical (unpaired) electrons. The maximum atomic E-state index is 3.90. The van der Waals surface area contributed by atoms with E-state index in [9.17, 15) is 0 Å². The van der Waals surface area contributed by atoms with E-state index in [-0.39, 0.29) is 6.17 Å². The molecule has 0 bridgehead atoms. The third kappa shape index (κ3) is 4.04. The first-order chi connectivity index (χ1) is 16.2. The first-order valence-electron chi connectivity index (χ1n) is 12.2. The Bertz CT molecular complexity index is 1260. The fourth-order valence-corrected chi connectivity index (χ4v) is 4.96. The Morgan fingerprint density at radius 2 is 1.58 bits per heavy atom. The number of rotatable bonds is 7. The molecular formula is C30H33N3. The molecular weight excluding hydrogens is 402 g/mol. The molecule has 0 saturated heterocycles. The van der Waals surface area contributed by atoms with E-state index in [0.717, 1.165) is 18.7 Å². The molecule has 1 atom stereocenters. The minimum atomic E-state index is 0.112. The topological polar surface area (TPSA) is 27.3 Å². The Balaban J connectivity index is 1.57. The van der Waals surface area contributed by atoms with Gasteiger partial charge in [-0.15, -0.1) is 0 Å². The van der Waals surface area contributed by atoms with Gasteiger partial charge in [-0.05, 0) is 46.9 Å². The Morgan fingerprint density at radius 3 is 2.42 bits per heavy atom. The predicted molar refractivity (Wildman–Crippen MR) is 143 cm³/mol. The molecule has 0 spiro atoms. The fourth-order valence-electron chi connectivity index (χ4n) is 4.96. The van der Waals surface area contributed by atoms with Gasteiger partial charge in [-0.2, -0.15) is 0 Å². The van der Waals surface area contributed by atoms with Crippen molar-refractivity contribution in [2.24, 2.45) is 0 Å². The standard InChI is InChI=1S/C30H33N3/c1-4-5-20-33-28-19-11-18-27(31-26-17-9-8-14-23(26)21(2)3)29(28)32-30(33)25-16-10-13-22-12-6-7-15-24(22)25/h6-19,21,30-32H,4-5,20H2,1-3H3. The zero-order valence-electron chi connectivity index (χ0n) is 19.8. The van der Waals surface area contributed by atoms with Gasteiger partial charge in [0.15, 0.2) is 0 Å². The molecule has 0 saturated carbocycles. The lowest BCUT2D eigenvalue weighted by molar-refractivity contribution is 0.670. The van der Waals surface area contributed by atoms with Crippen molar-refractivity contribution in [2.45, 2.75) is 45.7 Å². The molecule has 4 aromatic rings. The number of benzene rings is 4. The maximum absolute atomic E-state index is 3.90. The maximum Gasteiger partial charge on any atom is 0.126 e. The van der Waals surface area contributed by atoms with E-state index in [0.29, 0.717) is 5.92 Å². The third-order valence-corrected chi connectivity index (χ3v) is 6.67. The van der Waals surface area contributed by atoms with Crippen LogP contribution in [-0.2, 0) is 0 Å². The van der Waals surface area contributed by atoms with Crippen LogP contribution in [0.4, 0.5) is 22.7 Å². The third-order valence-electron chi connectivity index (χ3n) is 6.67. The second-order valence-corrected chi connectivity index (χ2v) is 9.23. The number of unbranched alkanes of at least 4 members (excludes halogenated alkanes) is 1. The van der Waals surface area contributed by atoms with Crippen LogP contribution in [0.1, 0.15) is 56.8 Å². The molecule has 2 N–H and O–H groups in total. The number of hydrogen-bond acceptors (Lipinski definition) is 3. The summed E-state index contributed by atoms with van der Waals surface area (Å²) in [5.41, 5.74) is 7.43. The molecule has 3 nitrogen and oxygen atoms in total. The molecule has 3 heteroatoms. The van der Waals surface area contributed by atoms with Crippen molar-refractivity contribution in [3.63, 3.8) is 0 Å². The van der Waals surface area contributed by atoms with Crippen molar-refractivity contribution in [1.82, 2.24) is 0 Å². The van der Waals surface area contributed by atoms with E-state index in [4.69, 9.17) is 0 Å². The van der Waals surface area contributed by atoms with Crippen molar-refractivity contribution in [1.29, 1.82) is 0 Å². The van der Waals surface area contributed by atoms with Gasteiger partial charge >= 0.3 is 0 Å². The Morgan fingerprint density at radius 1 is 0.848 bits per heavy atom. The minimum Gasteiger partial charge on any atom is -0.358 e. The van der Waals surface area contributed by atoms with Gasteiger partial charge in [0.1, 0.15) is 6.17 Å². The van der Waals surface area contributed by atoms with Crippen LogP contribution in [0.3, 0.4) is 0 Å². The second-order valence-electron chi connectivity index (χ2n) is 9.23. The second kappa shape index (κ2) is 9.19.